The molecule has 1 rings (SSSR count). The molecule has 0 aromatic heterocycles. The second kappa shape index (κ2) is 8.83. The number of unbranched alkanes of at least 4 members (excludes halogenated alkanes) is 1. The number of alkyl halides is 2. The lowest BCUT2D eigenvalue weighted by molar-refractivity contribution is -0.137. The lowest BCUT2D eigenvalue weighted by Crippen LogP contribution is -1.91. The molecule has 0 unspecified atom stereocenters. The van der Waals surface area contributed by atoms with Gasteiger partial charge in [-0.3, -0.25) is 4.79 Å². The van der Waals surface area contributed by atoms with Crippen molar-refractivity contribution in [2.24, 2.45) is 0 Å². The van der Waals surface area contributed by atoms with E-state index in [4.69, 9.17) is 5.11 Å². The normalized spacial score (nSPS) is 9.50. The van der Waals surface area contributed by atoms with E-state index in [1.165, 1.54) is 12.1 Å². The van der Waals surface area contributed by atoms with Gasteiger partial charge in [-0.05, 0) is 6.42 Å². The van der Waals surface area contributed by atoms with Crippen molar-refractivity contribution >= 4 is 5.97 Å². The maximum atomic E-state index is 11.8. The maximum Gasteiger partial charge on any atom is 0.303 e. The third-order valence-corrected chi connectivity index (χ3v) is 1.80. The number of rotatable bonds is 4. The Bertz CT molecular complexity index is 286. The fourth-order valence-electron chi connectivity index (χ4n) is 0.927. The van der Waals surface area contributed by atoms with Crippen molar-refractivity contribution in [3.63, 3.8) is 0 Å². The van der Waals surface area contributed by atoms with Crippen LogP contribution in [-0.2, 0) is 4.79 Å². The van der Waals surface area contributed by atoms with Crippen LogP contribution < -0.4 is 0 Å². The van der Waals surface area contributed by atoms with E-state index < -0.39 is 12.4 Å². The molecule has 0 saturated heterocycles. The van der Waals surface area contributed by atoms with Crippen molar-refractivity contribution in [2.75, 3.05) is 0 Å². The minimum atomic E-state index is -2.34. The molecule has 0 aliphatic heterocycles. The fourth-order valence-corrected chi connectivity index (χ4v) is 0.927. The van der Waals surface area contributed by atoms with Crippen molar-refractivity contribution in [3.8, 4) is 0 Å². The number of aliphatic carboxylic acids is 1. The molecule has 0 aliphatic carbocycles. The predicted molar refractivity (Wildman–Crippen MR) is 58.6 cm³/mol. The zero-order valence-corrected chi connectivity index (χ0v) is 9.20. The Hall–Kier alpha value is -1.45. The third kappa shape index (κ3) is 7.91. The summed E-state index contributed by atoms with van der Waals surface area (Å²) in [6.45, 7) is 1.98. The van der Waals surface area contributed by atoms with Gasteiger partial charge in [0.2, 0.25) is 0 Å². The van der Waals surface area contributed by atoms with E-state index in [2.05, 4.69) is 0 Å². The van der Waals surface area contributed by atoms with Crippen LogP contribution in [0.15, 0.2) is 30.3 Å². The molecule has 0 fully saturated rings. The van der Waals surface area contributed by atoms with Crippen LogP contribution >= 0.6 is 0 Å². The molecule has 0 aliphatic rings. The van der Waals surface area contributed by atoms with Crippen molar-refractivity contribution < 1.29 is 18.7 Å². The van der Waals surface area contributed by atoms with Gasteiger partial charge in [0.25, 0.3) is 6.43 Å². The highest BCUT2D eigenvalue weighted by Gasteiger charge is 2.02. The Morgan fingerprint density at radius 3 is 2.12 bits per heavy atom. The number of hydrogen-bond donors (Lipinski definition) is 1. The van der Waals surface area contributed by atoms with Gasteiger partial charge in [-0.2, -0.15) is 0 Å². The number of halogens is 2. The smallest absolute Gasteiger partial charge is 0.303 e. The first kappa shape index (κ1) is 14.6. The summed E-state index contributed by atoms with van der Waals surface area (Å²) < 4.78 is 23.5. The highest BCUT2D eigenvalue weighted by Crippen LogP contribution is 2.16. The highest BCUT2D eigenvalue weighted by atomic mass is 19.3. The molecule has 1 aromatic carbocycles. The average Bonchev–Trinajstić information content (AvgIpc) is 2.28. The number of hydrogen-bond acceptors (Lipinski definition) is 1. The Morgan fingerprint density at radius 1 is 1.31 bits per heavy atom. The lowest BCUT2D eigenvalue weighted by atomic mass is 10.2. The zero-order valence-electron chi connectivity index (χ0n) is 9.20. The van der Waals surface area contributed by atoms with Gasteiger partial charge in [-0.15, -0.1) is 0 Å². The average molecular weight is 230 g/mol. The summed E-state index contributed by atoms with van der Waals surface area (Å²) >= 11 is 0. The van der Waals surface area contributed by atoms with Crippen LogP contribution in [0, 0.1) is 0 Å². The summed E-state index contributed by atoms with van der Waals surface area (Å²) in [4.78, 5) is 9.76. The SMILES string of the molecule is CCCCC(=O)O.FC(F)c1ccccc1. The van der Waals surface area contributed by atoms with Crippen LogP contribution in [0.1, 0.15) is 38.2 Å². The van der Waals surface area contributed by atoms with Crippen LogP contribution in [0.3, 0.4) is 0 Å². The monoisotopic (exact) mass is 230 g/mol. The second-order valence-corrected chi connectivity index (χ2v) is 3.21. The van der Waals surface area contributed by atoms with Gasteiger partial charge in [0.1, 0.15) is 0 Å². The summed E-state index contributed by atoms with van der Waals surface area (Å²) in [7, 11) is 0. The summed E-state index contributed by atoms with van der Waals surface area (Å²) in [6.07, 6.45) is -0.260. The molecule has 0 heterocycles. The van der Waals surface area contributed by atoms with Crippen LogP contribution in [-0.4, -0.2) is 11.1 Å². The summed E-state index contributed by atoms with van der Waals surface area (Å²) in [5.41, 5.74) is 0.0810. The minimum Gasteiger partial charge on any atom is -0.481 e. The molecule has 0 bridgehead atoms. The maximum absolute atomic E-state index is 11.8. The Morgan fingerprint density at radius 2 is 1.88 bits per heavy atom. The molecule has 0 spiro atoms. The standard InChI is InChI=1S/C7H6F2.C5H10O2/c8-7(9)6-4-2-1-3-5-6;1-2-3-4-5(6)7/h1-5,7H;2-4H2,1H3,(H,6,7). The molecule has 2 nitrogen and oxygen atoms in total. The lowest BCUT2D eigenvalue weighted by Gasteiger charge is -1.94. The fraction of sp³-hybridized carbons (Fsp3) is 0.417. The second-order valence-electron chi connectivity index (χ2n) is 3.21. The molecular formula is C12H16F2O2. The number of benzene rings is 1. The minimum absolute atomic E-state index is 0.0810. The van der Waals surface area contributed by atoms with E-state index in [1.807, 2.05) is 6.92 Å². The number of carbonyl (C=O) groups is 1. The van der Waals surface area contributed by atoms with Gasteiger partial charge >= 0.3 is 5.97 Å². The van der Waals surface area contributed by atoms with E-state index >= 15 is 0 Å². The molecular weight excluding hydrogens is 214 g/mol. The van der Waals surface area contributed by atoms with E-state index in [0.29, 0.717) is 6.42 Å². The van der Waals surface area contributed by atoms with Gasteiger partial charge in [0.05, 0.1) is 0 Å². The molecule has 0 saturated carbocycles. The zero-order chi connectivity index (χ0) is 12.4. The molecule has 0 atom stereocenters. The first-order chi connectivity index (χ1) is 7.57. The van der Waals surface area contributed by atoms with Crippen LogP contribution in [0.4, 0.5) is 8.78 Å². The third-order valence-electron chi connectivity index (χ3n) is 1.80. The molecule has 90 valence electrons. The molecule has 0 amide bonds. The number of carboxylic acid groups (broad SMARTS) is 1. The number of carboxylic acids is 1. The Labute approximate surface area is 93.9 Å². The topological polar surface area (TPSA) is 37.3 Å². The predicted octanol–water partition coefficient (Wildman–Crippen LogP) is 3.89. The molecule has 1 aromatic rings. The van der Waals surface area contributed by atoms with Crippen molar-refractivity contribution in [2.45, 2.75) is 32.6 Å². The summed E-state index contributed by atoms with van der Waals surface area (Å²) in [5.74, 6) is -0.693. The Kier molecular flexibility index (Phi) is 8.03. The van der Waals surface area contributed by atoms with Gasteiger partial charge in [0.15, 0.2) is 0 Å². The first-order valence-electron chi connectivity index (χ1n) is 5.12. The quantitative estimate of drug-likeness (QED) is 0.852. The van der Waals surface area contributed by atoms with E-state index in [-0.39, 0.29) is 5.56 Å². The molecule has 1 N–H and O–H groups in total. The first-order valence-corrected chi connectivity index (χ1v) is 5.12. The van der Waals surface area contributed by atoms with Crippen molar-refractivity contribution in [1.29, 1.82) is 0 Å². The van der Waals surface area contributed by atoms with Gasteiger partial charge < -0.3 is 5.11 Å². The molecule has 4 heteroatoms. The van der Waals surface area contributed by atoms with E-state index in [1.54, 1.807) is 18.2 Å². The highest BCUT2D eigenvalue weighted by molar-refractivity contribution is 5.66. The molecule has 16 heavy (non-hydrogen) atoms. The van der Waals surface area contributed by atoms with Gasteiger partial charge in [-0.1, -0.05) is 43.7 Å². The van der Waals surface area contributed by atoms with Gasteiger partial charge in [0, 0.05) is 12.0 Å². The van der Waals surface area contributed by atoms with E-state index in [9.17, 15) is 13.6 Å². The molecule has 0 radical (unpaired) electrons. The Balaban J connectivity index is 0.000000293. The largest absolute Gasteiger partial charge is 0.481 e. The van der Waals surface area contributed by atoms with E-state index in [0.717, 1.165) is 12.8 Å². The van der Waals surface area contributed by atoms with Crippen molar-refractivity contribution in [1.82, 2.24) is 0 Å². The van der Waals surface area contributed by atoms with Crippen LogP contribution in [0.2, 0.25) is 0 Å². The summed E-state index contributed by atoms with van der Waals surface area (Å²) in [6, 6.07) is 7.73. The van der Waals surface area contributed by atoms with Crippen molar-refractivity contribution in [3.05, 3.63) is 35.9 Å². The van der Waals surface area contributed by atoms with Gasteiger partial charge in [-0.25, -0.2) is 8.78 Å². The van der Waals surface area contributed by atoms with Crippen LogP contribution in [0.25, 0.3) is 0 Å². The van der Waals surface area contributed by atoms with Crippen LogP contribution in [0.5, 0.6) is 0 Å². The summed E-state index contributed by atoms with van der Waals surface area (Å²) in [5, 5.41) is 8.04.